The number of esters is 1. The highest BCUT2D eigenvalue weighted by Crippen LogP contribution is 2.35. The molecule has 0 aliphatic rings. The van der Waals surface area contributed by atoms with Gasteiger partial charge in [-0.25, -0.2) is 4.98 Å². The maximum Gasteiger partial charge on any atom is 0.313 e. The number of ether oxygens (including phenoxy) is 1. The monoisotopic (exact) mass is 371 g/mol. The molecule has 116 valence electrons. The minimum Gasteiger partial charge on any atom is -0.465 e. The molecule has 1 aromatic rings. The number of halogens is 4. The van der Waals surface area contributed by atoms with Crippen LogP contribution in [-0.4, -0.2) is 23.3 Å². The number of hydrogen-bond donors (Lipinski definition) is 0. The van der Waals surface area contributed by atoms with Crippen LogP contribution in [0, 0.1) is 0 Å². The van der Waals surface area contributed by atoms with Crippen molar-refractivity contribution in [3.05, 3.63) is 25.9 Å². The Labute approximate surface area is 142 Å². The second kappa shape index (κ2) is 8.79. The van der Waals surface area contributed by atoms with E-state index in [2.05, 4.69) is 4.98 Å². The van der Waals surface area contributed by atoms with E-state index < -0.39 is 11.8 Å². The number of carbonyl (C=O) groups excluding carboxylic acids is 2. The molecule has 0 N–H and O–H groups in total. The molecule has 0 saturated carbocycles. The van der Waals surface area contributed by atoms with Crippen LogP contribution in [-0.2, 0) is 20.7 Å². The summed E-state index contributed by atoms with van der Waals surface area (Å²) in [4.78, 5) is 27.0. The van der Waals surface area contributed by atoms with Gasteiger partial charge < -0.3 is 4.74 Å². The molecule has 0 atom stereocenters. The largest absolute Gasteiger partial charge is 0.465 e. The molecule has 0 radical (unpaired) electrons. The fourth-order valence-electron chi connectivity index (χ4n) is 1.49. The van der Waals surface area contributed by atoms with Gasteiger partial charge in [-0.2, -0.15) is 0 Å². The molecule has 1 aromatic heterocycles. The zero-order valence-electron chi connectivity index (χ0n) is 11.2. The quantitative estimate of drug-likeness (QED) is 0.305. The SMILES string of the molecule is CCCCOC(=O)CC(=O)Cc1c(Cl)c(Cl)nc(Cl)c1Cl. The van der Waals surface area contributed by atoms with Crippen molar-refractivity contribution in [1.29, 1.82) is 0 Å². The van der Waals surface area contributed by atoms with Gasteiger partial charge >= 0.3 is 5.97 Å². The van der Waals surface area contributed by atoms with E-state index in [9.17, 15) is 9.59 Å². The van der Waals surface area contributed by atoms with Gasteiger partial charge in [-0.3, -0.25) is 9.59 Å². The number of ketones is 1. The topological polar surface area (TPSA) is 56.3 Å². The van der Waals surface area contributed by atoms with Gasteiger partial charge in [0.15, 0.2) is 0 Å². The summed E-state index contributed by atoms with van der Waals surface area (Å²) in [5.41, 5.74) is 0.259. The van der Waals surface area contributed by atoms with Crippen molar-refractivity contribution >= 4 is 58.2 Å². The van der Waals surface area contributed by atoms with E-state index in [1.165, 1.54) is 0 Å². The van der Waals surface area contributed by atoms with Crippen molar-refractivity contribution in [1.82, 2.24) is 4.98 Å². The van der Waals surface area contributed by atoms with Crippen LogP contribution >= 0.6 is 46.4 Å². The molecule has 0 saturated heterocycles. The maximum atomic E-state index is 11.9. The fourth-order valence-corrected chi connectivity index (χ4v) is 2.38. The van der Waals surface area contributed by atoms with Crippen molar-refractivity contribution in [2.75, 3.05) is 6.61 Å². The summed E-state index contributed by atoms with van der Waals surface area (Å²) in [7, 11) is 0. The van der Waals surface area contributed by atoms with Crippen molar-refractivity contribution in [2.45, 2.75) is 32.6 Å². The van der Waals surface area contributed by atoms with Gasteiger partial charge in [-0.05, 0) is 6.42 Å². The molecule has 0 aromatic carbocycles. The summed E-state index contributed by atoms with van der Waals surface area (Å²) < 4.78 is 4.91. The number of carbonyl (C=O) groups is 2. The summed E-state index contributed by atoms with van der Waals surface area (Å²) in [6.07, 6.45) is 1.14. The number of rotatable bonds is 7. The van der Waals surface area contributed by atoms with Gasteiger partial charge in [0, 0.05) is 12.0 Å². The molecule has 0 spiro atoms. The molecule has 4 nitrogen and oxygen atoms in total. The van der Waals surface area contributed by atoms with Crippen LogP contribution in [0.5, 0.6) is 0 Å². The zero-order valence-corrected chi connectivity index (χ0v) is 14.2. The first kappa shape index (κ1) is 18.5. The Hall–Kier alpha value is -0.550. The number of aromatic nitrogens is 1. The van der Waals surface area contributed by atoms with Crippen molar-refractivity contribution in [3.8, 4) is 0 Å². The lowest BCUT2D eigenvalue weighted by molar-refractivity contribution is -0.146. The van der Waals surface area contributed by atoms with E-state index in [-0.39, 0.29) is 38.8 Å². The Morgan fingerprint density at radius 2 is 1.67 bits per heavy atom. The number of hydrogen-bond acceptors (Lipinski definition) is 4. The second-order valence-electron chi connectivity index (χ2n) is 4.27. The van der Waals surface area contributed by atoms with Gasteiger partial charge in [0.1, 0.15) is 22.5 Å². The van der Waals surface area contributed by atoms with Crippen LogP contribution in [0.3, 0.4) is 0 Å². The molecular weight excluding hydrogens is 360 g/mol. The average molecular weight is 373 g/mol. The fraction of sp³-hybridized carbons (Fsp3) is 0.462. The third kappa shape index (κ3) is 5.62. The number of pyridine rings is 1. The minimum atomic E-state index is -0.577. The van der Waals surface area contributed by atoms with Gasteiger partial charge in [0.25, 0.3) is 0 Å². The van der Waals surface area contributed by atoms with Gasteiger partial charge in [-0.1, -0.05) is 59.7 Å². The second-order valence-corrected chi connectivity index (χ2v) is 5.74. The normalized spacial score (nSPS) is 10.5. The first-order valence-electron chi connectivity index (χ1n) is 6.23. The first-order chi connectivity index (χ1) is 9.86. The summed E-state index contributed by atoms with van der Waals surface area (Å²) in [5, 5.41) is 0.0244. The van der Waals surface area contributed by atoms with Crippen LogP contribution in [0.4, 0.5) is 0 Å². The molecule has 8 heteroatoms. The molecule has 0 fully saturated rings. The predicted octanol–water partition coefficient (Wildman–Crippen LogP) is 4.54. The van der Waals surface area contributed by atoms with Crippen molar-refractivity contribution in [3.63, 3.8) is 0 Å². The smallest absolute Gasteiger partial charge is 0.313 e. The summed E-state index contributed by atoms with van der Waals surface area (Å²) in [5.74, 6) is -0.967. The van der Waals surface area contributed by atoms with E-state index >= 15 is 0 Å². The van der Waals surface area contributed by atoms with Crippen LogP contribution in [0.15, 0.2) is 0 Å². The van der Waals surface area contributed by atoms with E-state index in [1.54, 1.807) is 0 Å². The van der Waals surface area contributed by atoms with E-state index in [0.717, 1.165) is 12.8 Å². The van der Waals surface area contributed by atoms with E-state index in [1.807, 2.05) is 6.92 Å². The molecule has 0 bridgehead atoms. The first-order valence-corrected chi connectivity index (χ1v) is 7.74. The van der Waals surface area contributed by atoms with Gasteiger partial charge in [-0.15, -0.1) is 0 Å². The summed E-state index contributed by atoms with van der Waals surface area (Å²) in [6.45, 7) is 2.27. The Morgan fingerprint density at radius 3 is 2.19 bits per heavy atom. The van der Waals surface area contributed by atoms with Gasteiger partial charge in [0.2, 0.25) is 0 Å². The standard InChI is InChI=1S/C13H13Cl4NO3/c1-2-3-4-21-9(20)6-7(19)5-8-10(14)12(16)18-13(17)11(8)15/h2-6H2,1H3. The van der Waals surface area contributed by atoms with Gasteiger partial charge in [0.05, 0.1) is 16.7 Å². The lowest BCUT2D eigenvalue weighted by Crippen LogP contribution is -2.14. The highest BCUT2D eigenvalue weighted by molar-refractivity contribution is 6.46. The number of unbranched alkanes of at least 4 members (excludes halogenated alkanes) is 1. The third-order valence-corrected chi connectivity index (χ3v) is 4.12. The Kier molecular flexibility index (Phi) is 7.74. The van der Waals surface area contributed by atoms with Crippen molar-refractivity contribution in [2.24, 2.45) is 0 Å². The minimum absolute atomic E-state index is 0.0422. The highest BCUT2D eigenvalue weighted by Gasteiger charge is 2.19. The van der Waals surface area contributed by atoms with Crippen LogP contribution in [0.2, 0.25) is 20.4 Å². The molecule has 21 heavy (non-hydrogen) atoms. The summed E-state index contributed by atoms with van der Waals surface area (Å²) >= 11 is 23.4. The lowest BCUT2D eigenvalue weighted by Gasteiger charge is -2.09. The van der Waals surface area contributed by atoms with Crippen molar-refractivity contribution < 1.29 is 14.3 Å². The Morgan fingerprint density at radius 1 is 1.10 bits per heavy atom. The predicted molar refractivity (Wildman–Crippen MR) is 83.5 cm³/mol. The summed E-state index contributed by atoms with van der Waals surface area (Å²) in [6, 6.07) is 0. The molecule has 1 heterocycles. The molecule has 0 aliphatic carbocycles. The zero-order chi connectivity index (χ0) is 16.0. The van der Waals surface area contributed by atoms with Crippen LogP contribution in [0.25, 0.3) is 0 Å². The number of Topliss-reactive ketones (excluding diaryl/α,β-unsaturated/α-hetero) is 1. The maximum absolute atomic E-state index is 11.9. The van der Waals surface area contributed by atoms with E-state index in [0.29, 0.717) is 6.61 Å². The highest BCUT2D eigenvalue weighted by atomic mass is 35.5. The molecule has 1 rings (SSSR count). The molecular formula is C13H13Cl4NO3. The van der Waals surface area contributed by atoms with Crippen LogP contribution < -0.4 is 0 Å². The number of nitrogens with zero attached hydrogens (tertiary/aromatic N) is 1. The third-order valence-electron chi connectivity index (χ3n) is 2.56. The molecule has 0 amide bonds. The Bertz CT molecular complexity index is 522. The Balaban J connectivity index is 2.69. The molecule has 0 unspecified atom stereocenters. The van der Waals surface area contributed by atoms with E-state index in [4.69, 9.17) is 51.1 Å². The average Bonchev–Trinajstić information content (AvgIpc) is 2.41. The lowest BCUT2D eigenvalue weighted by atomic mass is 10.1. The van der Waals surface area contributed by atoms with Crippen LogP contribution in [0.1, 0.15) is 31.7 Å². The molecule has 0 aliphatic heterocycles.